The van der Waals surface area contributed by atoms with Crippen molar-refractivity contribution in [1.29, 1.82) is 0 Å². The molecule has 0 bridgehead atoms. The average Bonchev–Trinajstić information content (AvgIpc) is 2.85. The summed E-state index contributed by atoms with van der Waals surface area (Å²) in [5, 5.41) is 5.53. The highest BCUT2D eigenvalue weighted by Gasteiger charge is 2.21. The Labute approximate surface area is 130 Å². The molecule has 0 unspecified atom stereocenters. The number of allylic oxidation sites excluding steroid dienone is 1. The molecule has 4 rings (SSSR count). The molecule has 0 radical (unpaired) electrons. The van der Waals surface area contributed by atoms with E-state index in [2.05, 4.69) is 5.10 Å². The Morgan fingerprint density at radius 1 is 1.13 bits per heavy atom. The van der Waals surface area contributed by atoms with E-state index in [1.807, 2.05) is 0 Å². The fourth-order valence-electron chi connectivity index (χ4n) is 2.96. The zero-order valence-corrected chi connectivity index (χ0v) is 12.5. The van der Waals surface area contributed by atoms with E-state index in [1.54, 1.807) is 18.2 Å². The molecule has 1 aliphatic carbocycles. The number of nitrogen functional groups attached to an aromatic ring is 1. The SMILES string of the molecule is Nn1ncc2c3cc4c(cc3c(S(=O)(=O)O)cc21)C=CC(=O)C4. The van der Waals surface area contributed by atoms with Gasteiger partial charge in [-0.15, -0.1) is 0 Å². The Bertz CT molecular complexity index is 1140. The summed E-state index contributed by atoms with van der Waals surface area (Å²) in [6, 6.07) is 4.71. The highest BCUT2D eigenvalue weighted by molar-refractivity contribution is 7.86. The molecule has 23 heavy (non-hydrogen) atoms. The van der Waals surface area contributed by atoms with Gasteiger partial charge in [0.2, 0.25) is 0 Å². The van der Waals surface area contributed by atoms with Gasteiger partial charge in [0.05, 0.1) is 11.7 Å². The number of carbonyl (C=O) groups is 1. The third-order valence-electron chi connectivity index (χ3n) is 4.03. The van der Waals surface area contributed by atoms with Crippen LogP contribution in [0.1, 0.15) is 11.1 Å². The van der Waals surface area contributed by atoms with Gasteiger partial charge in [0.1, 0.15) is 4.90 Å². The molecule has 8 heteroatoms. The average molecular weight is 329 g/mol. The lowest BCUT2D eigenvalue weighted by Crippen LogP contribution is -2.10. The van der Waals surface area contributed by atoms with Crippen LogP contribution in [0.25, 0.3) is 27.8 Å². The molecular weight excluding hydrogens is 318 g/mol. The van der Waals surface area contributed by atoms with Gasteiger partial charge in [-0.1, -0.05) is 6.08 Å². The minimum atomic E-state index is -4.44. The highest BCUT2D eigenvalue weighted by Crippen LogP contribution is 2.34. The fourth-order valence-corrected chi connectivity index (χ4v) is 3.67. The molecule has 0 saturated heterocycles. The lowest BCUT2D eigenvalue weighted by Gasteiger charge is -2.13. The summed E-state index contributed by atoms with van der Waals surface area (Å²) in [7, 11) is -4.44. The Hall–Kier alpha value is -2.71. The lowest BCUT2D eigenvalue weighted by molar-refractivity contribution is -0.114. The third kappa shape index (κ3) is 2.03. The summed E-state index contributed by atoms with van der Waals surface area (Å²) in [6.07, 6.45) is 4.87. The normalized spacial score (nSPS) is 14.6. The standard InChI is InChI=1S/C15H11N3O4S/c16-18-14-6-15(23(20,21)22)12-4-8-1-2-10(19)3-9(8)5-11(12)13(14)7-17-18/h1-2,4-7H,3,16H2,(H,20,21,22). The van der Waals surface area contributed by atoms with Crippen LogP contribution < -0.4 is 5.84 Å². The van der Waals surface area contributed by atoms with E-state index < -0.39 is 10.1 Å². The first-order valence-corrected chi connectivity index (χ1v) is 8.19. The maximum Gasteiger partial charge on any atom is 0.295 e. The van der Waals surface area contributed by atoms with Crippen LogP contribution in [0.2, 0.25) is 0 Å². The van der Waals surface area contributed by atoms with Gasteiger partial charge in [-0.25, -0.2) is 0 Å². The number of carbonyl (C=O) groups excluding carboxylic acids is 1. The molecule has 0 aliphatic heterocycles. The Balaban J connectivity index is 2.23. The van der Waals surface area contributed by atoms with Crippen molar-refractivity contribution in [3.8, 4) is 0 Å². The van der Waals surface area contributed by atoms with Gasteiger partial charge in [-0.2, -0.15) is 18.3 Å². The van der Waals surface area contributed by atoms with Crippen molar-refractivity contribution in [2.45, 2.75) is 11.3 Å². The van der Waals surface area contributed by atoms with Crippen LogP contribution in [0.5, 0.6) is 0 Å². The first-order chi connectivity index (χ1) is 10.8. The second-order valence-corrected chi connectivity index (χ2v) is 6.83. The van der Waals surface area contributed by atoms with Crippen molar-refractivity contribution >= 4 is 43.7 Å². The molecule has 3 aromatic rings. The summed E-state index contributed by atoms with van der Waals surface area (Å²) in [6.45, 7) is 0. The monoisotopic (exact) mass is 329 g/mol. The van der Waals surface area contributed by atoms with E-state index in [0.29, 0.717) is 21.7 Å². The molecule has 1 heterocycles. The minimum absolute atomic E-state index is 0.0199. The third-order valence-corrected chi connectivity index (χ3v) is 4.92. The van der Waals surface area contributed by atoms with E-state index in [9.17, 15) is 17.8 Å². The lowest BCUT2D eigenvalue weighted by atomic mass is 9.92. The largest absolute Gasteiger partial charge is 0.323 e. The van der Waals surface area contributed by atoms with Crippen LogP contribution in [-0.4, -0.2) is 28.6 Å². The molecule has 1 aromatic heterocycles. The number of nitrogens with zero attached hydrogens (tertiary/aromatic N) is 2. The number of hydrogen-bond acceptors (Lipinski definition) is 5. The maximum atomic E-state index is 11.8. The number of ketones is 1. The van der Waals surface area contributed by atoms with E-state index >= 15 is 0 Å². The number of benzene rings is 2. The molecule has 7 nitrogen and oxygen atoms in total. The van der Waals surface area contributed by atoms with Crippen LogP contribution in [0.3, 0.4) is 0 Å². The predicted octanol–water partition coefficient (Wildman–Crippen LogP) is 1.29. The van der Waals surface area contributed by atoms with Crippen molar-refractivity contribution in [1.82, 2.24) is 9.89 Å². The van der Waals surface area contributed by atoms with Gasteiger partial charge in [0.15, 0.2) is 5.78 Å². The predicted molar refractivity (Wildman–Crippen MR) is 84.9 cm³/mol. The van der Waals surface area contributed by atoms with Gasteiger partial charge < -0.3 is 5.84 Å². The van der Waals surface area contributed by atoms with Crippen molar-refractivity contribution in [3.63, 3.8) is 0 Å². The fraction of sp³-hybridized carbons (Fsp3) is 0.0667. The van der Waals surface area contributed by atoms with E-state index in [0.717, 1.165) is 15.9 Å². The number of hydrogen-bond donors (Lipinski definition) is 2. The van der Waals surface area contributed by atoms with Crippen LogP contribution in [0.15, 0.2) is 35.4 Å². The summed E-state index contributed by atoms with van der Waals surface area (Å²) in [4.78, 5) is 12.4. The van der Waals surface area contributed by atoms with Crippen molar-refractivity contribution in [2.75, 3.05) is 5.84 Å². The van der Waals surface area contributed by atoms with Crippen molar-refractivity contribution < 1.29 is 17.8 Å². The molecule has 0 fully saturated rings. The molecule has 116 valence electrons. The van der Waals surface area contributed by atoms with E-state index in [4.69, 9.17) is 5.84 Å². The molecule has 2 aromatic carbocycles. The number of nitrogens with two attached hydrogens (primary N) is 1. The van der Waals surface area contributed by atoms with Gasteiger partial charge in [-0.05, 0) is 40.8 Å². The molecule has 0 atom stereocenters. The Morgan fingerprint density at radius 2 is 1.91 bits per heavy atom. The molecule has 0 saturated carbocycles. The van der Waals surface area contributed by atoms with Crippen LogP contribution in [0.4, 0.5) is 0 Å². The summed E-state index contributed by atoms with van der Waals surface area (Å²) < 4.78 is 33.1. The first kappa shape index (κ1) is 13.9. The topological polar surface area (TPSA) is 115 Å². The molecule has 0 amide bonds. The zero-order valence-electron chi connectivity index (χ0n) is 11.7. The Morgan fingerprint density at radius 3 is 2.65 bits per heavy atom. The maximum absolute atomic E-state index is 11.8. The number of aromatic nitrogens is 2. The van der Waals surface area contributed by atoms with Gasteiger partial charge >= 0.3 is 0 Å². The van der Waals surface area contributed by atoms with Crippen LogP contribution in [-0.2, 0) is 21.3 Å². The molecule has 1 aliphatic rings. The second kappa shape index (κ2) is 4.40. The first-order valence-electron chi connectivity index (χ1n) is 6.75. The van der Waals surface area contributed by atoms with Gasteiger partial charge in [0, 0.05) is 17.2 Å². The van der Waals surface area contributed by atoms with Gasteiger partial charge in [-0.3, -0.25) is 9.35 Å². The quantitative estimate of drug-likeness (QED) is 0.513. The summed E-state index contributed by atoms with van der Waals surface area (Å²) in [5.74, 6) is 5.68. The summed E-state index contributed by atoms with van der Waals surface area (Å²) >= 11 is 0. The second-order valence-electron chi connectivity index (χ2n) is 5.44. The molecule has 3 N–H and O–H groups in total. The van der Waals surface area contributed by atoms with Crippen molar-refractivity contribution in [2.24, 2.45) is 0 Å². The Kier molecular flexibility index (Phi) is 2.66. The van der Waals surface area contributed by atoms with Crippen molar-refractivity contribution in [3.05, 3.63) is 41.6 Å². The van der Waals surface area contributed by atoms with E-state index in [1.165, 1.54) is 18.3 Å². The number of fused-ring (bicyclic) bond motifs is 4. The smallest absolute Gasteiger partial charge is 0.295 e. The van der Waals surface area contributed by atoms with Gasteiger partial charge in [0.25, 0.3) is 10.1 Å². The zero-order chi connectivity index (χ0) is 16.4. The number of rotatable bonds is 1. The molecule has 0 spiro atoms. The van der Waals surface area contributed by atoms with E-state index in [-0.39, 0.29) is 17.1 Å². The van der Waals surface area contributed by atoms with Crippen LogP contribution in [0, 0.1) is 0 Å². The highest BCUT2D eigenvalue weighted by atomic mass is 32.2. The summed E-state index contributed by atoms with van der Waals surface area (Å²) in [5.41, 5.74) is 1.92. The minimum Gasteiger partial charge on any atom is -0.323 e. The van der Waals surface area contributed by atoms with Crippen LogP contribution >= 0.6 is 0 Å². The molecular formula is C15H11N3O4S.